The number of hydrogen-bond acceptors (Lipinski definition) is 5. The summed E-state index contributed by atoms with van der Waals surface area (Å²) in [5.41, 5.74) is 4.96. The highest BCUT2D eigenvalue weighted by Crippen LogP contribution is 2.35. The van der Waals surface area contributed by atoms with Crippen LogP contribution in [-0.4, -0.2) is 12.7 Å². The lowest BCUT2D eigenvalue weighted by molar-refractivity contribution is 0.0974. The van der Waals surface area contributed by atoms with E-state index in [1.807, 2.05) is 0 Å². The van der Waals surface area contributed by atoms with E-state index in [1.54, 1.807) is 0 Å². The Morgan fingerprint density at radius 1 is 1.18 bits per heavy atom. The first-order valence-corrected chi connectivity index (χ1v) is 4.82. The molecule has 0 unspecified atom stereocenters. The number of fused-ring (bicyclic) bond motifs is 2. The van der Waals surface area contributed by atoms with Gasteiger partial charge in [0.15, 0.2) is 22.7 Å². The molecule has 1 aromatic carbocycles. The van der Waals surface area contributed by atoms with Gasteiger partial charge in [0.25, 0.3) is 5.91 Å². The average Bonchev–Trinajstić information content (AvgIpc) is 2.73. The molecule has 6 nitrogen and oxygen atoms in total. The predicted molar refractivity (Wildman–Crippen MR) is 57.1 cm³/mol. The van der Waals surface area contributed by atoms with Crippen LogP contribution in [0.25, 0.3) is 11.0 Å². The summed E-state index contributed by atoms with van der Waals surface area (Å²) in [6.45, 7) is 0.0997. The topological polar surface area (TPSA) is 91.8 Å². The minimum absolute atomic E-state index is 0.0997. The minimum Gasteiger partial charge on any atom is -0.454 e. The number of primary amides is 1. The van der Waals surface area contributed by atoms with E-state index in [-0.39, 0.29) is 23.6 Å². The Bertz CT molecular complexity index is 688. The fraction of sp³-hybridized carbons (Fsp3) is 0.0909. The highest BCUT2D eigenvalue weighted by molar-refractivity contribution is 5.92. The van der Waals surface area contributed by atoms with Crippen molar-refractivity contribution >= 4 is 16.9 Å². The molecule has 86 valence electrons. The molecule has 0 saturated carbocycles. The third-order valence-corrected chi connectivity index (χ3v) is 2.47. The Morgan fingerprint density at radius 2 is 1.88 bits per heavy atom. The van der Waals surface area contributed by atoms with Gasteiger partial charge in [-0.2, -0.15) is 0 Å². The fourth-order valence-corrected chi connectivity index (χ4v) is 1.67. The smallest absolute Gasteiger partial charge is 0.284 e. The van der Waals surface area contributed by atoms with Crippen molar-refractivity contribution in [3.8, 4) is 11.5 Å². The first kappa shape index (κ1) is 9.71. The number of ether oxygens (including phenoxy) is 2. The van der Waals surface area contributed by atoms with E-state index in [0.717, 1.165) is 6.07 Å². The van der Waals surface area contributed by atoms with Crippen molar-refractivity contribution < 1.29 is 18.7 Å². The predicted octanol–water partition coefficient (Wildman–Crippen LogP) is 0.621. The van der Waals surface area contributed by atoms with E-state index in [2.05, 4.69) is 0 Å². The molecule has 6 heteroatoms. The molecule has 1 aliphatic rings. The molecule has 0 fully saturated rings. The van der Waals surface area contributed by atoms with Crippen molar-refractivity contribution in [2.45, 2.75) is 0 Å². The lowest BCUT2D eigenvalue weighted by Gasteiger charge is -2.01. The Kier molecular flexibility index (Phi) is 1.85. The summed E-state index contributed by atoms with van der Waals surface area (Å²) in [4.78, 5) is 22.7. The molecule has 3 rings (SSSR count). The molecule has 0 saturated heterocycles. The van der Waals surface area contributed by atoms with E-state index in [1.165, 1.54) is 12.1 Å². The molecule has 2 aromatic rings. The van der Waals surface area contributed by atoms with Crippen molar-refractivity contribution in [2.75, 3.05) is 6.79 Å². The van der Waals surface area contributed by atoms with Crippen LogP contribution in [0.5, 0.6) is 11.5 Å². The van der Waals surface area contributed by atoms with Crippen LogP contribution in [0.2, 0.25) is 0 Å². The lowest BCUT2D eigenvalue weighted by Crippen LogP contribution is -2.14. The Balaban J connectivity index is 2.35. The van der Waals surface area contributed by atoms with Crippen LogP contribution in [-0.2, 0) is 0 Å². The van der Waals surface area contributed by atoms with Crippen LogP contribution in [0.3, 0.4) is 0 Å². The Hall–Kier alpha value is -2.50. The van der Waals surface area contributed by atoms with Gasteiger partial charge in [0.05, 0.1) is 5.39 Å². The summed E-state index contributed by atoms with van der Waals surface area (Å²) in [6.07, 6.45) is 0. The molecule has 2 N–H and O–H groups in total. The zero-order valence-corrected chi connectivity index (χ0v) is 8.56. The number of rotatable bonds is 1. The van der Waals surface area contributed by atoms with Crippen molar-refractivity contribution in [1.29, 1.82) is 0 Å². The lowest BCUT2D eigenvalue weighted by atomic mass is 10.2. The molecule has 1 aromatic heterocycles. The molecule has 0 aliphatic carbocycles. The molecule has 2 heterocycles. The zero-order valence-electron chi connectivity index (χ0n) is 8.56. The van der Waals surface area contributed by atoms with Gasteiger partial charge >= 0.3 is 0 Å². The van der Waals surface area contributed by atoms with Crippen molar-refractivity contribution in [2.24, 2.45) is 5.73 Å². The quantitative estimate of drug-likeness (QED) is 0.779. The maximum absolute atomic E-state index is 11.7. The summed E-state index contributed by atoms with van der Waals surface area (Å²) in [5, 5.41) is 0.319. The number of nitrogens with two attached hydrogens (primary N) is 1. The molecular formula is C11H7NO5. The number of hydrogen-bond donors (Lipinski definition) is 1. The number of carbonyl (C=O) groups is 1. The van der Waals surface area contributed by atoms with E-state index in [4.69, 9.17) is 19.6 Å². The molecule has 1 aliphatic heterocycles. The summed E-state index contributed by atoms with van der Waals surface area (Å²) < 4.78 is 15.5. The second-order valence-electron chi connectivity index (χ2n) is 3.54. The van der Waals surface area contributed by atoms with Gasteiger partial charge < -0.3 is 19.6 Å². The SMILES string of the molecule is NC(=O)c1cc(=O)c2cc3c(cc2o1)OCO3. The number of amides is 1. The molecule has 0 spiro atoms. The van der Waals surface area contributed by atoms with Crippen molar-refractivity contribution in [3.05, 3.63) is 34.2 Å². The zero-order chi connectivity index (χ0) is 12.0. The Morgan fingerprint density at radius 3 is 2.59 bits per heavy atom. The van der Waals surface area contributed by atoms with Gasteiger partial charge in [-0.25, -0.2) is 0 Å². The molecule has 0 bridgehead atoms. The van der Waals surface area contributed by atoms with Gasteiger partial charge in [0.1, 0.15) is 5.58 Å². The third kappa shape index (κ3) is 1.42. The van der Waals surface area contributed by atoms with Gasteiger partial charge in [-0.3, -0.25) is 9.59 Å². The monoisotopic (exact) mass is 233 g/mol. The van der Waals surface area contributed by atoms with E-state index < -0.39 is 5.91 Å². The molecule has 0 atom stereocenters. The number of carbonyl (C=O) groups excluding carboxylic acids is 1. The van der Waals surface area contributed by atoms with Crippen LogP contribution in [0.15, 0.2) is 27.4 Å². The van der Waals surface area contributed by atoms with Crippen LogP contribution in [0, 0.1) is 0 Å². The highest BCUT2D eigenvalue weighted by Gasteiger charge is 2.17. The van der Waals surface area contributed by atoms with Crippen LogP contribution in [0.4, 0.5) is 0 Å². The second-order valence-corrected chi connectivity index (χ2v) is 3.54. The van der Waals surface area contributed by atoms with Crippen LogP contribution in [0.1, 0.15) is 10.6 Å². The number of benzene rings is 1. The maximum Gasteiger partial charge on any atom is 0.284 e. The van der Waals surface area contributed by atoms with Gasteiger partial charge in [0, 0.05) is 12.1 Å². The molecule has 1 amide bonds. The first-order chi connectivity index (χ1) is 8.15. The second kappa shape index (κ2) is 3.24. The van der Waals surface area contributed by atoms with Gasteiger partial charge in [-0.15, -0.1) is 0 Å². The summed E-state index contributed by atoms with van der Waals surface area (Å²) in [5.74, 6) is -0.0121. The summed E-state index contributed by atoms with van der Waals surface area (Å²) in [6, 6.07) is 4.09. The van der Waals surface area contributed by atoms with Crippen LogP contribution < -0.4 is 20.6 Å². The maximum atomic E-state index is 11.7. The molecular weight excluding hydrogens is 226 g/mol. The molecule has 0 radical (unpaired) electrons. The van der Waals surface area contributed by atoms with E-state index >= 15 is 0 Å². The van der Waals surface area contributed by atoms with Gasteiger partial charge in [-0.05, 0) is 6.07 Å². The summed E-state index contributed by atoms with van der Waals surface area (Å²) in [7, 11) is 0. The minimum atomic E-state index is -0.790. The first-order valence-electron chi connectivity index (χ1n) is 4.82. The normalized spacial score (nSPS) is 12.9. The third-order valence-electron chi connectivity index (χ3n) is 2.47. The van der Waals surface area contributed by atoms with Crippen molar-refractivity contribution in [3.63, 3.8) is 0 Å². The highest BCUT2D eigenvalue weighted by atomic mass is 16.7. The van der Waals surface area contributed by atoms with E-state index in [0.29, 0.717) is 16.9 Å². The largest absolute Gasteiger partial charge is 0.454 e. The van der Waals surface area contributed by atoms with Gasteiger partial charge in [-0.1, -0.05) is 0 Å². The van der Waals surface area contributed by atoms with Crippen LogP contribution >= 0.6 is 0 Å². The van der Waals surface area contributed by atoms with Gasteiger partial charge in [0.2, 0.25) is 6.79 Å². The standard InChI is InChI=1S/C11H7NO5/c12-11(14)10-2-6(13)5-1-8-9(16-4-15-8)3-7(5)17-10/h1-3H,4H2,(H2,12,14). The summed E-state index contributed by atoms with van der Waals surface area (Å²) >= 11 is 0. The van der Waals surface area contributed by atoms with Crippen molar-refractivity contribution in [1.82, 2.24) is 0 Å². The molecule has 17 heavy (non-hydrogen) atoms. The Labute approximate surface area is 94.5 Å². The fourth-order valence-electron chi connectivity index (χ4n) is 1.67. The van der Waals surface area contributed by atoms with E-state index in [9.17, 15) is 9.59 Å². The average molecular weight is 233 g/mol.